The highest BCUT2D eigenvalue weighted by atomic mass is 79.9. The number of benzene rings is 2. The van der Waals surface area contributed by atoms with Crippen LogP contribution in [0.25, 0.3) is 0 Å². The molecule has 2 aromatic carbocycles. The molecule has 1 atom stereocenters. The maximum Gasteiger partial charge on any atom is 0.238 e. The molecule has 2 aromatic rings. The second-order valence-corrected chi connectivity index (χ2v) is 6.08. The fourth-order valence-corrected chi connectivity index (χ4v) is 2.63. The first kappa shape index (κ1) is 15.7. The SMILES string of the molecule is Cc1ccc(Br)cc1NC(=O)C(C(N)=S)c1ccccc1. The number of carbonyl (C=O) groups excluding carboxylic acids is 1. The first-order chi connectivity index (χ1) is 9.99. The van der Waals surface area contributed by atoms with E-state index in [2.05, 4.69) is 21.2 Å². The maximum absolute atomic E-state index is 12.5. The predicted molar refractivity (Wildman–Crippen MR) is 93.5 cm³/mol. The number of hydrogen-bond donors (Lipinski definition) is 2. The highest BCUT2D eigenvalue weighted by Gasteiger charge is 2.23. The zero-order valence-electron chi connectivity index (χ0n) is 11.5. The molecule has 3 nitrogen and oxygen atoms in total. The Labute approximate surface area is 137 Å². The summed E-state index contributed by atoms with van der Waals surface area (Å²) in [6.45, 7) is 1.93. The predicted octanol–water partition coefficient (Wildman–Crippen LogP) is 3.77. The minimum atomic E-state index is -0.639. The molecule has 0 heterocycles. The van der Waals surface area contributed by atoms with Crippen LogP contribution in [-0.2, 0) is 4.79 Å². The number of nitrogens with two attached hydrogens (primary N) is 1. The van der Waals surface area contributed by atoms with E-state index in [0.717, 1.165) is 21.3 Å². The summed E-state index contributed by atoms with van der Waals surface area (Å²) in [5, 5.41) is 2.89. The van der Waals surface area contributed by atoms with E-state index in [9.17, 15) is 4.79 Å². The molecular weight excluding hydrogens is 348 g/mol. The summed E-state index contributed by atoms with van der Waals surface area (Å²) in [7, 11) is 0. The van der Waals surface area contributed by atoms with Gasteiger partial charge in [0, 0.05) is 10.2 Å². The van der Waals surface area contributed by atoms with Crippen molar-refractivity contribution in [1.82, 2.24) is 0 Å². The molecule has 0 aromatic heterocycles. The summed E-state index contributed by atoms with van der Waals surface area (Å²) in [6, 6.07) is 15.0. The topological polar surface area (TPSA) is 55.1 Å². The number of carbonyl (C=O) groups is 1. The molecule has 1 unspecified atom stereocenters. The highest BCUT2D eigenvalue weighted by Crippen LogP contribution is 2.23. The van der Waals surface area contributed by atoms with Gasteiger partial charge in [0.1, 0.15) is 5.92 Å². The third-order valence-electron chi connectivity index (χ3n) is 3.14. The molecule has 2 rings (SSSR count). The number of thiocarbonyl (C=S) groups is 1. The Morgan fingerprint density at radius 1 is 1.24 bits per heavy atom. The van der Waals surface area contributed by atoms with Gasteiger partial charge in [0.15, 0.2) is 0 Å². The lowest BCUT2D eigenvalue weighted by Crippen LogP contribution is -2.31. The van der Waals surface area contributed by atoms with Crippen LogP contribution in [0.4, 0.5) is 5.69 Å². The fourth-order valence-electron chi connectivity index (χ4n) is 2.02. The van der Waals surface area contributed by atoms with Crippen LogP contribution in [0.2, 0.25) is 0 Å². The van der Waals surface area contributed by atoms with Gasteiger partial charge in [-0.25, -0.2) is 0 Å². The minimum absolute atomic E-state index is 0.159. The van der Waals surface area contributed by atoms with Crippen molar-refractivity contribution in [2.75, 3.05) is 5.32 Å². The molecule has 0 aliphatic heterocycles. The van der Waals surface area contributed by atoms with Crippen molar-refractivity contribution in [3.63, 3.8) is 0 Å². The lowest BCUT2D eigenvalue weighted by Gasteiger charge is -2.17. The van der Waals surface area contributed by atoms with Gasteiger partial charge in [0.25, 0.3) is 0 Å². The third kappa shape index (κ3) is 3.89. The Hall–Kier alpha value is -1.72. The average molecular weight is 363 g/mol. The Kier molecular flexibility index (Phi) is 5.09. The van der Waals surface area contributed by atoms with Crippen LogP contribution in [0.3, 0.4) is 0 Å². The first-order valence-corrected chi connectivity index (χ1v) is 7.60. The molecule has 0 saturated carbocycles. The molecule has 3 N–H and O–H groups in total. The molecule has 0 saturated heterocycles. The number of hydrogen-bond acceptors (Lipinski definition) is 2. The van der Waals surface area contributed by atoms with Gasteiger partial charge in [-0.15, -0.1) is 0 Å². The Bertz CT molecular complexity index is 673. The fraction of sp³-hybridized carbons (Fsp3) is 0.125. The Balaban J connectivity index is 2.28. The van der Waals surface area contributed by atoms with E-state index in [1.54, 1.807) is 0 Å². The summed E-state index contributed by atoms with van der Waals surface area (Å²) >= 11 is 8.45. The maximum atomic E-state index is 12.5. The normalized spacial score (nSPS) is 11.7. The molecule has 5 heteroatoms. The standard InChI is InChI=1S/C16H15BrN2OS/c1-10-7-8-12(17)9-13(10)19-16(20)14(15(18)21)11-5-3-2-4-6-11/h2-9,14H,1H3,(H2,18,21)(H,19,20). The van der Waals surface area contributed by atoms with Crippen LogP contribution in [0, 0.1) is 6.92 Å². The van der Waals surface area contributed by atoms with E-state index in [1.165, 1.54) is 0 Å². The summed E-state index contributed by atoms with van der Waals surface area (Å²) in [4.78, 5) is 12.7. The Morgan fingerprint density at radius 2 is 1.90 bits per heavy atom. The smallest absolute Gasteiger partial charge is 0.238 e. The van der Waals surface area contributed by atoms with Crippen LogP contribution in [-0.4, -0.2) is 10.9 Å². The molecule has 0 fully saturated rings. The molecule has 1 amide bonds. The highest BCUT2D eigenvalue weighted by molar-refractivity contribution is 9.10. The van der Waals surface area contributed by atoms with Crippen molar-refractivity contribution in [1.29, 1.82) is 0 Å². The van der Waals surface area contributed by atoms with Gasteiger partial charge in [-0.2, -0.15) is 0 Å². The van der Waals surface area contributed by atoms with Gasteiger partial charge in [0.05, 0.1) is 4.99 Å². The quantitative estimate of drug-likeness (QED) is 0.814. The molecule has 0 radical (unpaired) electrons. The first-order valence-electron chi connectivity index (χ1n) is 6.40. The van der Waals surface area contributed by atoms with E-state index in [4.69, 9.17) is 18.0 Å². The lowest BCUT2D eigenvalue weighted by atomic mass is 9.98. The van der Waals surface area contributed by atoms with Crippen molar-refractivity contribution in [3.05, 3.63) is 64.1 Å². The number of aryl methyl sites for hydroxylation is 1. The van der Waals surface area contributed by atoms with Gasteiger partial charge in [-0.3, -0.25) is 4.79 Å². The van der Waals surface area contributed by atoms with Crippen molar-refractivity contribution in [2.45, 2.75) is 12.8 Å². The van der Waals surface area contributed by atoms with Gasteiger partial charge in [-0.1, -0.05) is 64.5 Å². The molecule has 0 aliphatic carbocycles. The van der Waals surface area contributed by atoms with Crippen LogP contribution < -0.4 is 11.1 Å². The number of anilines is 1. The second-order valence-electron chi connectivity index (χ2n) is 4.69. The molecule has 0 aliphatic rings. The summed E-state index contributed by atoms with van der Waals surface area (Å²) in [6.07, 6.45) is 0. The molecular formula is C16H15BrN2OS. The summed E-state index contributed by atoms with van der Waals surface area (Å²) < 4.78 is 0.898. The monoisotopic (exact) mass is 362 g/mol. The van der Waals surface area contributed by atoms with E-state index < -0.39 is 5.92 Å². The zero-order valence-corrected chi connectivity index (χ0v) is 13.9. The number of amides is 1. The van der Waals surface area contributed by atoms with Gasteiger partial charge in [-0.05, 0) is 30.2 Å². The largest absolute Gasteiger partial charge is 0.392 e. The van der Waals surface area contributed by atoms with Crippen LogP contribution in [0.15, 0.2) is 53.0 Å². The number of rotatable bonds is 4. The molecule has 108 valence electrons. The zero-order chi connectivity index (χ0) is 15.4. The van der Waals surface area contributed by atoms with E-state index in [-0.39, 0.29) is 10.9 Å². The van der Waals surface area contributed by atoms with Crippen molar-refractivity contribution < 1.29 is 4.79 Å². The van der Waals surface area contributed by atoms with E-state index in [0.29, 0.717) is 0 Å². The Morgan fingerprint density at radius 3 is 2.52 bits per heavy atom. The minimum Gasteiger partial charge on any atom is -0.392 e. The van der Waals surface area contributed by atoms with Crippen LogP contribution in [0.1, 0.15) is 17.0 Å². The summed E-state index contributed by atoms with van der Waals surface area (Å²) in [5.41, 5.74) is 8.26. The number of nitrogens with one attached hydrogen (secondary N) is 1. The molecule has 21 heavy (non-hydrogen) atoms. The van der Waals surface area contributed by atoms with Gasteiger partial charge in [0.2, 0.25) is 5.91 Å². The second kappa shape index (κ2) is 6.83. The van der Waals surface area contributed by atoms with E-state index >= 15 is 0 Å². The van der Waals surface area contributed by atoms with E-state index in [1.807, 2.05) is 55.5 Å². The van der Waals surface area contributed by atoms with Gasteiger partial charge >= 0.3 is 0 Å². The van der Waals surface area contributed by atoms with Gasteiger partial charge < -0.3 is 11.1 Å². The van der Waals surface area contributed by atoms with Crippen LogP contribution >= 0.6 is 28.1 Å². The summed E-state index contributed by atoms with van der Waals surface area (Å²) in [5.74, 6) is -0.866. The molecule has 0 bridgehead atoms. The number of halogens is 1. The van der Waals surface area contributed by atoms with Crippen molar-refractivity contribution in [2.24, 2.45) is 5.73 Å². The lowest BCUT2D eigenvalue weighted by molar-refractivity contribution is -0.116. The van der Waals surface area contributed by atoms with Crippen molar-refractivity contribution in [3.8, 4) is 0 Å². The van der Waals surface area contributed by atoms with Crippen molar-refractivity contribution >= 4 is 44.7 Å². The third-order valence-corrected chi connectivity index (χ3v) is 3.87. The molecule has 0 spiro atoms. The van der Waals surface area contributed by atoms with Crippen LogP contribution in [0.5, 0.6) is 0 Å². The average Bonchev–Trinajstić information content (AvgIpc) is 2.44.